The zero-order chi connectivity index (χ0) is 21.2. The van der Waals surface area contributed by atoms with Crippen LogP contribution < -0.4 is 0 Å². The number of amides is 2. The third-order valence-corrected chi connectivity index (χ3v) is 6.48. The number of benzene rings is 2. The maximum absolute atomic E-state index is 13.2. The summed E-state index contributed by atoms with van der Waals surface area (Å²) in [6.07, 6.45) is 9.51. The summed E-state index contributed by atoms with van der Waals surface area (Å²) in [6.45, 7) is 2.73. The molecule has 3 nitrogen and oxygen atoms in total. The summed E-state index contributed by atoms with van der Waals surface area (Å²) in [5.74, 6) is -0.316. The van der Waals surface area contributed by atoms with E-state index >= 15 is 0 Å². The zero-order valence-electron chi connectivity index (χ0n) is 17.8. The summed E-state index contributed by atoms with van der Waals surface area (Å²) in [5.41, 5.74) is 1.35. The highest BCUT2D eigenvalue weighted by Gasteiger charge is 2.38. The van der Waals surface area contributed by atoms with Crippen molar-refractivity contribution < 1.29 is 9.59 Å². The monoisotopic (exact) mass is 421 g/mol. The molecule has 4 heteroatoms. The first-order valence-electron chi connectivity index (χ1n) is 11.1. The van der Waals surface area contributed by atoms with E-state index in [1.165, 1.54) is 55.2 Å². The van der Waals surface area contributed by atoms with Crippen LogP contribution >= 0.6 is 11.8 Å². The Morgan fingerprint density at radius 2 is 1.27 bits per heavy atom. The number of imide groups is 1. The van der Waals surface area contributed by atoms with Gasteiger partial charge in [0, 0.05) is 11.4 Å². The van der Waals surface area contributed by atoms with E-state index < -0.39 is 0 Å². The predicted molar refractivity (Wildman–Crippen MR) is 125 cm³/mol. The molecule has 0 bridgehead atoms. The third-order valence-electron chi connectivity index (χ3n) is 5.39. The molecular weight excluding hydrogens is 390 g/mol. The van der Waals surface area contributed by atoms with Crippen molar-refractivity contribution in [2.75, 3.05) is 6.54 Å². The van der Waals surface area contributed by atoms with Crippen molar-refractivity contribution in [1.29, 1.82) is 0 Å². The Bertz CT molecular complexity index is 861. The molecule has 1 aliphatic rings. The fourth-order valence-corrected chi connectivity index (χ4v) is 4.75. The van der Waals surface area contributed by atoms with E-state index in [0.29, 0.717) is 17.0 Å². The minimum absolute atomic E-state index is 0.157. The molecule has 1 aliphatic heterocycles. The van der Waals surface area contributed by atoms with Crippen LogP contribution in [0, 0.1) is 0 Å². The van der Waals surface area contributed by atoms with Crippen molar-refractivity contribution in [1.82, 2.24) is 4.90 Å². The number of hydrogen-bond acceptors (Lipinski definition) is 3. The summed E-state index contributed by atoms with van der Waals surface area (Å²) in [5, 5.41) is 0. The van der Waals surface area contributed by atoms with E-state index in [-0.39, 0.29) is 11.8 Å². The number of unbranched alkanes of at least 4 members (excludes halogenated alkanes) is 7. The van der Waals surface area contributed by atoms with Crippen LogP contribution in [0.3, 0.4) is 0 Å². The first-order valence-corrected chi connectivity index (χ1v) is 11.9. The van der Waals surface area contributed by atoms with Gasteiger partial charge in [0.25, 0.3) is 11.8 Å². The lowest BCUT2D eigenvalue weighted by molar-refractivity contribution is -0.136. The quantitative estimate of drug-likeness (QED) is 0.283. The number of carbonyl (C=O) groups excluding carboxylic acids is 2. The topological polar surface area (TPSA) is 37.4 Å². The van der Waals surface area contributed by atoms with Gasteiger partial charge in [-0.25, -0.2) is 0 Å². The number of carbonyl (C=O) groups is 2. The average molecular weight is 422 g/mol. The molecule has 2 amide bonds. The van der Waals surface area contributed by atoms with Gasteiger partial charge in [-0.15, -0.1) is 0 Å². The van der Waals surface area contributed by atoms with Crippen molar-refractivity contribution >= 4 is 29.1 Å². The second-order valence-electron chi connectivity index (χ2n) is 7.72. The smallest absolute Gasteiger partial charge is 0.268 e. The highest BCUT2D eigenvalue weighted by molar-refractivity contribution is 8.04. The van der Waals surface area contributed by atoms with Crippen molar-refractivity contribution in [3.8, 4) is 0 Å². The molecule has 3 rings (SSSR count). The minimum Gasteiger partial charge on any atom is -0.274 e. The van der Waals surface area contributed by atoms with E-state index in [4.69, 9.17) is 0 Å². The van der Waals surface area contributed by atoms with Gasteiger partial charge in [-0.1, -0.05) is 112 Å². The van der Waals surface area contributed by atoms with Gasteiger partial charge in [0.05, 0.1) is 10.5 Å². The first kappa shape index (κ1) is 22.4. The lowest BCUT2D eigenvalue weighted by Gasteiger charge is -2.15. The maximum atomic E-state index is 13.2. The second kappa shape index (κ2) is 11.8. The molecule has 1 heterocycles. The Balaban J connectivity index is 1.65. The van der Waals surface area contributed by atoms with Crippen LogP contribution in [0.15, 0.2) is 70.5 Å². The molecule has 0 unspecified atom stereocenters. The summed E-state index contributed by atoms with van der Waals surface area (Å²) >= 11 is 1.39. The highest BCUT2D eigenvalue weighted by Crippen LogP contribution is 2.39. The Kier molecular flexibility index (Phi) is 8.76. The van der Waals surface area contributed by atoms with Gasteiger partial charge in [-0.2, -0.15) is 0 Å². The van der Waals surface area contributed by atoms with Gasteiger partial charge in [-0.05, 0) is 24.1 Å². The second-order valence-corrected chi connectivity index (χ2v) is 8.81. The molecule has 0 spiro atoms. The maximum Gasteiger partial charge on any atom is 0.268 e. The summed E-state index contributed by atoms with van der Waals surface area (Å²) in [4.78, 5) is 29.3. The average Bonchev–Trinajstić information content (AvgIpc) is 3.01. The molecule has 2 aromatic rings. The third kappa shape index (κ3) is 5.85. The van der Waals surface area contributed by atoms with E-state index in [9.17, 15) is 9.59 Å². The predicted octanol–water partition coefficient (Wildman–Crippen LogP) is 6.70. The van der Waals surface area contributed by atoms with Gasteiger partial charge in [0.15, 0.2) is 0 Å². The summed E-state index contributed by atoms with van der Waals surface area (Å²) in [6, 6.07) is 19.4. The fraction of sp³-hybridized carbons (Fsp3) is 0.385. The Labute approximate surface area is 184 Å². The van der Waals surface area contributed by atoms with Gasteiger partial charge in [-0.3, -0.25) is 14.5 Å². The molecule has 30 heavy (non-hydrogen) atoms. The molecular formula is C26H31NO2S. The molecule has 0 aromatic heterocycles. The van der Waals surface area contributed by atoms with Gasteiger partial charge in [0.1, 0.15) is 0 Å². The largest absolute Gasteiger partial charge is 0.274 e. The standard InChI is InChI=1S/C26H31NO2S/c1-2-3-4-5-6-7-8-15-20-27-25(28)23(21-16-11-9-12-17-21)24(26(27)29)30-22-18-13-10-14-19-22/h9-14,16-19H,2-8,15,20H2,1H3. The molecule has 0 radical (unpaired) electrons. The summed E-state index contributed by atoms with van der Waals surface area (Å²) < 4.78 is 0. The van der Waals surface area contributed by atoms with Crippen LogP contribution in [0.5, 0.6) is 0 Å². The van der Waals surface area contributed by atoms with Gasteiger partial charge < -0.3 is 0 Å². The molecule has 2 aromatic carbocycles. The highest BCUT2D eigenvalue weighted by atomic mass is 32.2. The van der Waals surface area contributed by atoms with Crippen molar-refractivity contribution in [2.45, 2.75) is 63.2 Å². The van der Waals surface area contributed by atoms with E-state index in [1.807, 2.05) is 60.7 Å². The number of thioether (sulfide) groups is 1. The lowest BCUT2D eigenvalue weighted by Crippen LogP contribution is -2.32. The number of rotatable bonds is 12. The number of hydrogen-bond donors (Lipinski definition) is 0. The zero-order valence-corrected chi connectivity index (χ0v) is 18.6. The Morgan fingerprint density at radius 1 is 0.700 bits per heavy atom. The Morgan fingerprint density at radius 3 is 1.90 bits per heavy atom. The molecule has 0 saturated carbocycles. The Hall–Kier alpha value is -2.33. The molecule has 0 atom stereocenters. The van der Waals surface area contributed by atoms with Crippen molar-refractivity contribution in [2.24, 2.45) is 0 Å². The van der Waals surface area contributed by atoms with E-state index in [2.05, 4.69) is 6.92 Å². The van der Waals surface area contributed by atoms with E-state index in [1.54, 1.807) is 0 Å². The number of nitrogens with zero attached hydrogens (tertiary/aromatic N) is 1. The molecule has 0 saturated heterocycles. The lowest BCUT2D eigenvalue weighted by atomic mass is 10.1. The normalized spacial score (nSPS) is 14.1. The molecule has 0 aliphatic carbocycles. The molecule has 158 valence electrons. The van der Waals surface area contributed by atoms with Gasteiger partial charge >= 0.3 is 0 Å². The SMILES string of the molecule is CCCCCCCCCCN1C(=O)C(Sc2ccccc2)=C(c2ccccc2)C1=O. The van der Waals surface area contributed by atoms with Crippen molar-refractivity contribution in [3.63, 3.8) is 0 Å². The van der Waals surface area contributed by atoms with Crippen LogP contribution in [0.25, 0.3) is 5.57 Å². The first-order chi connectivity index (χ1) is 14.7. The van der Waals surface area contributed by atoms with Crippen molar-refractivity contribution in [3.05, 3.63) is 71.1 Å². The van der Waals surface area contributed by atoms with Crippen LogP contribution in [-0.4, -0.2) is 23.3 Å². The fourth-order valence-electron chi connectivity index (χ4n) is 3.72. The molecule has 0 fully saturated rings. The van der Waals surface area contributed by atoms with Crippen LogP contribution in [0.4, 0.5) is 0 Å². The minimum atomic E-state index is -0.160. The van der Waals surface area contributed by atoms with Crippen LogP contribution in [-0.2, 0) is 9.59 Å². The van der Waals surface area contributed by atoms with Gasteiger partial charge in [0.2, 0.25) is 0 Å². The van der Waals surface area contributed by atoms with E-state index in [0.717, 1.165) is 23.3 Å². The van der Waals surface area contributed by atoms with Crippen LogP contribution in [0.1, 0.15) is 63.9 Å². The molecule has 0 N–H and O–H groups in total. The summed E-state index contributed by atoms with van der Waals surface area (Å²) in [7, 11) is 0. The van der Waals surface area contributed by atoms with Crippen LogP contribution in [0.2, 0.25) is 0 Å².